The number of carbonyl (C=O) groups is 1. The summed E-state index contributed by atoms with van der Waals surface area (Å²) in [5, 5.41) is 9.87. The maximum absolute atomic E-state index is 11.8. The molecule has 0 bridgehead atoms. The number of hydrogen-bond acceptors (Lipinski definition) is 4. The monoisotopic (exact) mass is 284 g/mol. The molecule has 5 heteroatoms. The van der Waals surface area contributed by atoms with Crippen molar-refractivity contribution in [2.45, 2.75) is 6.10 Å². The predicted molar refractivity (Wildman–Crippen MR) is 79.6 cm³/mol. The molecule has 2 aromatic rings. The van der Waals surface area contributed by atoms with Gasteiger partial charge >= 0.3 is 0 Å². The second-order valence-corrected chi connectivity index (χ2v) is 4.30. The van der Waals surface area contributed by atoms with Crippen LogP contribution in [0.4, 0.5) is 0 Å². The zero-order valence-electron chi connectivity index (χ0n) is 11.3. The molecule has 0 fully saturated rings. The van der Waals surface area contributed by atoms with Gasteiger partial charge in [0.2, 0.25) is 0 Å². The first kappa shape index (κ1) is 14.6. The van der Waals surface area contributed by atoms with Crippen molar-refractivity contribution in [3.05, 3.63) is 78.4 Å². The lowest BCUT2D eigenvalue weighted by Crippen LogP contribution is -2.39. The van der Waals surface area contributed by atoms with E-state index in [1.165, 1.54) is 0 Å². The highest BCUT2D eigenvalue weighted by Crippen LogP contribution is 2.11. The van der Waals surface area contributed by atoms with Gasteiger partial charge in [-0.05, 0) is 29.8 Å². The van der Waals surface area contributed by atoms with Crippen LogP contribution < -0.4 is 10.9 Å². The average molecular weight is 284 g/mol. The third-order valence-corrected chi connectivity index (χ3v) is 2.70. The van der Waals surface area contributed by atoms with Crippen molar-refractivity contribution in [1.82, 2.24) is 10.9 Å². The Hall–Kier alpha value is -2.79. The molecule has 0 aliphatic carbocycles. The molecule has 0 saturated heterocycles. The van der Waals surface area contributed by atoms with Crippen molar-refractivity contribution in [2.24, 2.45) is 0 Å². The molecule has 1 heterocycles. The number of aliphatic hydroxyl groups is 1. The summed E-state index contributed by atoms with van der Waals surface area (Å²) in [6, 6.07) is 12.2. The normalized spacial score (nSPS) is 12.0. The number of hydrogen-bond donors (Lipinski definition) is 3. The Morgan fingerprint density at radius 1 is 1.19 bits per heavy atom. The maximum Gasteiger partial charge on any atom is 0.271 e. The van der Waals surface area contributed by atoms with Crippen LogP contribution in [0.2, 0.25) is 0 Å². The number of aliphatic hydroxyl groups excluding tert-OH is 1. The second-order valence-electron chi connectivity index (χ2n) is 4.30. The minimum Gasteiger partial charge on any atom is -0.465 e. The highest BCUT2D eigenvalue weighted by Gasteiger charge is 2.16. The summed E-state index contributed by atoms with van der Waals surface area (Å²) < 4.78 is 5.12. The molecule has 1 amide bonds. The van der Waals surface area contributed by atoms with Crippen molar-refractivity contribution in [2.75, 3.05) is 0 Å². The van der Waals surface area contributed by atoms with Gasteiger partial charge < -0.3 is 9.52 Å². The Balaban J connectivity index is 1.82. The fourth-order valence-electron chi connectivity index (χ4n) is 1.61. The molecule has 0 aliphatic heterocycles. The van der Waals surface area contributed by atoms with Crippen LogP contribution in [0, 0.1) is 0 Å². The average Bonchev–Trinajstić information content (AvgIpc) is 3.04. The second kappa shape index (κ2) is 7.12. The van der Waals surface area contributed by atoms with Gasteiger partial charge in [-0.3, -0.25) is 15.6 Å². The summed E-state index contributed by atoms with van der Waals surface area (Å²) in [5.74, 6) is 0.113. The quantitative estimate of drug-likeness (QED) is 0.561. The molecule has 2 rings (SSSR count). The van der Waals surface area contributed by atoms with Crippen LogP contribution in [0.25, 0.3) is 6.08 Å². The van der Waals surface area contributed by atoms with Gasteiger partial charge in [-0.15, -0.1) is 0 Å². The third kappa shape index (κ3) is 4.36. The number of benzene rings is 1. The van der Waals surface area contributed by atoms with E-state index in [2.05, 4.69) is 17.4 Å². The Bertz CT molecular complexity index is 618. The summed E-state index contributed by atoms with van der Waals surface area (Å²) in [6.07, 6.45) is 3.68. The number of nitrogens with one attached hydrogen (secondary N) is 2. The Labute approximate surface area is 122 Å². The number of rotatable bonds is 6. The number of hydrazine groups is 1. The lowest BCUT2D eigenvalue weighted by atomic mass is 10.1. The lowest BCUT2D eigenvalue weighted by Gasteiger charge is -2.13. The summed E-state index contributed by atoms with van der Waals surface area (Å²) in [5.41, 5.74) is 5.98. The molecule has 3 N–H and O–H groups in total. The van der Waals surface area contributed by atoms with Crippen LogP contribution in [0.15, 0.2) is 71.5 Å². The van der Waals surface area contributed by atoms with E-state index < -0.39 is 12.0 Å². The van der Waals surface area contributed by atoms with Crippen molar-refractivity contribution in [3.8, 4) is 0 Å². The standard InChI is InChI=1S/C16H16N2O3/c1-12(9-10-14-8-5-11-21-14)17-18-16(20)15(19)13-6-3-2-4-7-13/h2-11,15,17,19H,1H2,(H,18,20)/b10-9+/t15-/m1/s1. The van der Waals surface area contributed by atoms with E-state index in [1.807, 2.05) is 6.07 Å². The van der Waals surface area contributed by atoms with Crippen molar-refractivity contribution >= 4 is 12.0 Å². The summed E-state index contributed by atoms with van der Waals surface area (Å²) in [4.78, 5) is 11.8. The first-order valence-corrected chi connectivity index (χ1v) is 6.36. The topological polar surface area (TPSA) is 74.5 Å². The summed E-state index contributed by atoms with van der Waals surface area (Å²) >= 11 is 0. The Morgan fingerprint density at radius 3 is 2.62 bits per heavy atom. The number of allylic oxidation sites excluding steroid dienone is 1. The fourth-order valence-corrected chi connectivity index (χ4v) is 1.61. The van der Waals surface area contributed by atoms with E-state index in [9.17, 15) is 9.90 Å². The fraction of sp³-hybridized carbons (Fsp3) is 0.0625. The molecule has 0 aliphatic rings. The van der Waals surface area contributed by atoms with Crippen LogP contribution in [-0.2, 0) is 4.79 Å². The summed E-state index contributed by atoms with van der Waals surface area (Å²) in [7, 11) is 0. The van der Waals surface area contributed by atoms with E-state index in [0.29, 0.717) is 17.0 Å². The molecule has 1 aromatic carbocycles. The molecule has 108 valence electrons. The largest absolute Gasteiger partial charge is 0.465 e. The number of amides is 1. The van der Waals surface area contributed by atoms with Crippen LogP contribution >= 0.6 is 0 Å². The first-order valence-electron chi connectivity index (χ1n) is 6.36. The van der Waals surface area contributed by atoms with E-state index in [0.717, 1.165) is 0 Å². The van der Waals surface area contributed by atoms with Gasteiger partial charge in [0.25, 0.3) is 5.91 Å². The van der Waals surface area contributed by atoms with Gasteiger partial charge in [-0.2, -0.15) is 0 Å². The minimum absolute atomic E-state index is 0.458. The highest BCUT2D eigenvalue weighted by molar-refractivity contribution is 5.81. The van der Waals surface area contributed by atoms with Crippen molar-refractivity contribution in [1.29, 1.82) is 0 Å². The molecule has 5 nitrogen and oxygen atoms in total. The van der Waals surface area contributed by atoms with E-state index in [4.69, 9.17) is 4.42 Å². The van der Waals surface area contributed by atoms with Crippen LogP contribution in [0.1, 0.15) is 17.4 Å². The molecule has 0 radical (unpaired) electrons. The summed E-state index contributed by atoms with van der Waals surface area (Å²) in [6.45, 7) is 3.72. The van der Waals surface area contributed by atoms with Gasteiger partial charge in [0, 0.05) is 5.70 Å². The van der Waals surface area contributed by atoms with Gasteiger partial charge in [-0.1, -0.05) is 36.9 Å². The van der Waals surface area contributed by atoms with Gasteiger partial charge in [0.1, 0.15) is 5.76 Å². The number of carbonyl (C=O) groups excluding carboxylic acids is 1. The molecular formula is C16H16N2O3. The minimum atomic E-state index is -1.24. The Morgan fingerprint density at radius 2 is 1.95 bits per heavy atom. The highest BCUT2D eigenvalue weighted by atomic mass is 16.3. The van der Waals surface area contributed by atoms with Gasteiger partial charge in [0.05, 0.1) is 6.26 Å². The first-order chi connectivity index (χ1) is 10.2. The number of furan rings is 1. The molecule has 0 spiro atoms. The SMILES string of the molecule is C=C(/C=C/c1ccco1)NNC(=O)[C@H](O)c1ccccc1. The maximum atomic E-state index is 11.8. The van der Waals surface area contributed by atoms with Crippen molar-refractivity contribution < 1.29 is 14.3 Å². The third-order valence-electron chi connectivity index (χ3n) is 2.70. The molecule has 21 heavy (non-hydrogen) atoms. The molecule has 0 unspecified atom stereocenters. The molecular weight excluding hydrogens is 268 g/mol. The molecule has 1 aromatic heterocycles. The molecule has 0 saturated carbocycles. The van der Waals surface area contributed by atoms with Gasteiger partial charge in [-0.25, -0.2) is 0 Å². The van der Waals surface area contributed by atoms with E-state index >= 15 is 0 Å². The van der Waals surface area contributed by atoms with Crippen molar-refractivity contribution in [3.63, 3.8) is 0 Å². The molecule has 1 atom stereocenters. The van der Waals surface area contributed by atoms with E-state index in [-0.39, 0.29) is 0 Å². The van der Waals surface area contributed by atoms with Crippen LogP contribution in [0.3, 0.4) is 0 Å². The van der Waals surface area contributed by atoms with Crippen LogP contribution in [0.5, 0.6) is 0 Å². The van der Waals surface area contributed by atoms with Crippen LogP contribution in [-0.4, -0.2) is 11.0 Å². The smallest absolute Gasteiger partial charge is 0.271 e. The zero-order chi connectivity index (χ0) is 15.1. The van der Waals surface area contributed by atoms with E-state index in [1.54, 1.807) is 54.8 Å². The Kier molecular flexibility index (Phi) is 4.95. The predicted octanol–water partition coefficient (Wildman–Crippen LogP) is 2.16. The lowest BCUT2D eigenvalue weighted by molar-refractivity contribution is -0.130. The zero-order valence-corrected chi connectivity index (χ0v) is 11.3. The van der Waals surface area contributed by atoms with Gasteiger partial charge in [0.15, 0.2) is 6.10 Å².